The summed E-state index contributed by atoms with van der Waals surface area (Å²) in [7, 11) is 0.287. The SMILES string of the molecule is CN(CB(O)O)C(=S)C(N)Cc1c[nH]c2ccccc12. The van der Waals surface area contributed by atoms with E-state index in [0.717, 1.165) is 16.5 Å². The number of hydrogen-bond acceptors (Lipinski definition) is 4. The van der Waals surface area contributed by atoms with Gasteiger partial charge in [-0.05, 0) is 18.1 Å². The van der Waals surface area contributed by atoms with E-state index in [9.17, 15) is 0 Å². The number of nitrogens with one attached hydrogen (secondary N) is 1. The first-order valence-electron chi connectivity index (χ1n) is 6.40. The van der Waals surface area contributed by atoms with Gasteiger partial charge in [-0.15, -0.1) is 0 Å². The second-order valence-electron chi connectivity index (χ2n) is 4.87. The molecule has 5 nitrogen and oxygen atoms in total. The van der Waals surface area contributed by atoms with Crippen molar-refractivity contribution in [2.75, 3.05) is 13.5 Å². The van der Waals surface area contributed by atoms with Crippen molar-refractivity contribution in [3.05, 3.63) is 36.0 Å². The highest BCUT2D eigenvalue weighted by Gasteiger charge is 2.19. The van der Waals surface area contributed by atoms with Crippen LogP contribution in [-0.4, -0.2) is 51.6 Å². The van der Waals surface area contributed by atoms with Crippen molar-refractivity contribution in [2.24, 2.45) is 5.73 Å². The van der Waals surface area contributed by atoms with Gasteiger partial charge in [-0.2, -0.15) is 0 Å². The van der Waals surface area contributed by atoms with Gasteiger partial charge >= 0.3 is 7.12 Å². The summed E-state index contributed by atoms with van der Waals surface area (Å²) in [5.41, 5.74) is 8.29. The molecule has 1 aromatic carbocycles. The Balaban J connectivity index is 2.07. The van der Waals surface area contributed by atoms with Gasteiger partial charge in [0.1, 0.15) is 0 Å². The van der Waals surface area contributed by atoms with E-state index < -0.39 is 7.12 Å². The summed E-state index contributed by atoms with van der Waals surface area (Å²) >= 11 is 5.28. The van der Waals surface area contributed by atoms with E-state index in [4.69, 9.17) is 28.0 Å². The number of H-pyrrole nitrogens is 1. The molecule has 106 valence electrons. The fourth-order valence-corrected chi connectivity index (χ4v) is 2.40. The third-order valence-corrected chi connectivity index (χ3v) is 3.86. The van der Waals surface area contributed by atoms with Gasteiger partial charge in [0, 0.05) is 24.1 Å². The molecule has 0 aliphatic heterocycles. The van der Waals surface area contributed by atoms with E-state index >= 15 is 0 Å². The van der Waals surface area contributed by atoms with E-state index in [1.807, 2.05) is 30.5 Å². The van der Waals surface area contributed by atoms with Crippen LogP contribution in [0, 0.1) is 0 Å². The highest BCUT2D eigenvalue weighted by molar-refractivity contribution is 7.80. The number of likely N-dealkylation sites (N-methyl/N-ethyl adjacent to an activating group) is 1. The van der Waals surface area contributed by atoms with Gasteiger partial charge in [0.25, 0.3) is 0 Å². The maximum absolute atomic E-state index is 8.96. The molecule has 0 aliphatic carbocycles. The summed E-state index contributed by atoms with van der Waals surface area (Å²) in [6, 6.07) is 7.67. The minimum Gasteiger partial charge on any atom is -0.426 e. The Hall–Kier alpha value is -1.41. The van der Waals surface area contributed by atoms with Crippen molar-refractivity contribution in [3.8, 4) is 0 Å². The van der Waals surface area contributed by atoms with Crippen LogP contribution in [0.25, 0.3) is 10.9 Å². The summed E-state index contributed by atoms with van der Waals surface area (Å²) in [5, 5.41) is 19.1. The highest BCUT2D eigenvalue weighted by Crippen LogP contribution is 2.19. The molecular weight excluding hydrogens is 273 g/mol. The van der Waals surface area contributed by atoms with Gasteiger partial charge in [-0.1, -0.05) is 30.4 Å². The average molecular weight is 291 g/mol. The Morgan fingerprint density at radius 3 is 2.85 bits per heavy atom. The summed E-state index contributed by atoms with van der Waals surface area (Å²) in [6.07, 6.45) is 2.60. The predicted molar refractivity (Wildman–Crippen MR) is 85.4 cm³/mol. The molecule has 2 rings (SSSR count). The lowest BCUT2D eigenvalue weighted by molar-refractivity contribution is 0.377. The Labute approximate surface area is 123 Å². The van der Waals surface area contributed by atoms with Crippen LogP contribution in [0.1, 0.15) is 5.56 Å². The molecule has 1 heterocycles. The molecule has 0 saturated heterocycles. The topological polar surface area (TPSA) is 85.5 Å². The van der Waals surface area contributed by atoms with Crippen LogP contribution in [0.5, 0.6) is 0 Å². The second kappa shape index (κ2) is 6.36. The number of thiocarbonyl (C=S) groups is 1. The van der Waals surface area contributed by atoms with Gasteiger partial charge in [0.05, 0.1) is 17.5 Å². The Morgan fingerprint density at radius 2 is 2.15 bits per heavy atom. The fraction of sp³-hybridized carbons (Fsp3) is 0.308. The normalized spacial score (nSPS) is 12.4. The zero-order chi connectivity index (χ0) is 14.7. The van der Waals surface area contributed by atoms with E-state index in [1.165, 1.54) is 0 Å². The van der Waals surface area contributed by atoms with E-state index in [0.29, 0.717) is 11.4 Å². The van der Waals surface area contributed by atoms with Crippen LogP contribution < -0.4 is 5.73 Å². The average Bonchev–Trinajstić information content (AvgIpc) is 2.80. The number of aromatic nitrogens is 1. The number of benzene rings is 1. The molecule has 0 aliphatic rings. The second-order valence-corrected chi connectivity index (χ2v) is 5.29. The minimum atomic E-state index is -1.42. The molecule has 7 heteroatoms. The summed E-state index contributed by atoms with van der Waals surface area (Å²) in [6.45, 7) is 0. The monoisotopic (exact) mass is 291 g/mol. The maximum atomic E-state index is 8.96. The van der Waals surface area contributed by atoms with E-state index in [1.54, 1.807) is 11.9 Å². The first-order valence-corrected chi connectivity index (χ1v) is 6.81. The van der Waals surface area contributed by atoms with E-state index in [2.05, 4.69) is 4.98 Å². The molecule has 0 radical (unpaired) electrons. The van der Waals surface area contributed by atoms with Gasteiger partial charge < -0.3 is 25.7 Å². The van der Waals surface area contributed by atoms with Crippen molar-refractivity contribution < 1.29 is 10.0 Å². The lowest BCUT2D eigenvalue weighted by atomic mass is 9.91. The molecule has 2 aromatic rings. The zero-order valence-corrected chi connectivity index (χ0v) is 12.1. The van der Waals surface area contributed by atoms with Crippen LogP contribution >= 0.6 is 12.2 Å². The molecule has 5 N–H and O–H groups in total. The summed E-state index contributed by atoms with van der Waals surface area (Å²) < 4.78 is 0. The number of para-hydroxylation sites is 1. The Morgan fingerprint density at radius 1 is 1.45 bits per heavy atom. The number of fused-ring (bicyclic) bond motifs is 1. The quantitative estimate of drug-likeness (QED) is 0.470. The van der Waals surface area contributed by atoms with Crippen molar-refractivity contribution >= 4 is 35.2 Å². The smallest absolute Gasteiger partial charge is 0.426 e. The zero-order valence-electron chi connectivity index (χ0n) is 11.3. The third-order valence-electron chi connectivity index (χ3n) is 3.25. The van der Waals surface area contributed by atoms with Crippen LogP contribution in [0.2, 0.25) is 0 Å². The number of aromatic amines is 1. The first-order chi connectivity index (χ1) is 9.49. The van der Waals surface area contributed by atoms with Crippen molar-refractivity contribution in [2.45, 2.75) is 12.5 Å². The number of rotatable bonds is 5. The van der Waals surface area contributed by atoms with Gasteiger partial charge in [0.15, 0.2) is 0 Å². The Bertz CT molecular complexity index is 602. The van der Waals surface area contributed by atoms with Gasteiger partial charge in [0.2, 0.25) is 0 Å². The molecule has 1 aromatic heterocycles. The van der Waals surface area contributed by atoms with Crippen LogP contribution in [0.3, 0.4) is 0 Å². The fourth-order valence-electron chi connectivity index (χ4n) is 2.24. The molecule has 1 unspecified atom stereocenters. The predicted octanol–water partition coefficient (Wildman–Crippen LogP) is 0.309. The van der Waals surface area contributed by atoms with Crippen molar-refractivity contribution in [1.29, 1.82) is 0 Å². The third kappa shape index (κ3) is 3.37. The standard InChI is InChI=1S/C13H18BN3O2S/c1-17(8-14(18)19)13(20)11(15)6-9-7-16-12-5-3-2-4-10(9)12/h2-5,7,11,16,18-19H,6,8,15H2,1H3. The molecule has 1 atom stereocenters. The Kier molecular flexibility index (Phi) is 4.77. The number of hydrogen-bond donors (Lipinski definition) is 4. The van der Waals surface area contributed by atoms with Crippen LogP contribution in [0.15, 0.2) is 30.5 Å². The highest BCUT2D eigenvalue weighted by atomic mass is 32.1. The van der Waals surface area contributed by atoms with Crippen molar-refractivity contribution in [3.63, 3.8) is 0 Å². The van der Waals surface area contributed by atoms with Gasteiger partial charge in [-0.25, -0.2) is 0 Å². The first kappa shape index (κ1) is 15.0. The number of nitrogens with two attached hydrogens (primary N) is 1. The van der Waals surface area contributed by atoms with Gasteiger partial charge in [-0.3, -0.25) is 0 Å². The molecule has 20 heavy (non-hydrogen) atoms. The lowest BCUT2D eigenvalue weighted by Crippen LogP contribution is -2.45. The molecule has 0 saturated carbocycles. The number of nitrogens with zero attached hydrogens (tertiary/aromatic N) is 1. The largest absolute Gasteiger partial charge is 0.472 e. The van der Waals surface area contributed by atoms with Crippen molar-refractivity contribution in [1.82, 2.24) is 9.88 Å². The molecular formula is C13H18BN3O2S. The molecule has 0 spiro atoms. The summed E-state index contributed by atoms with van der Waals surface area (Å²) in [4.78, 5) is 5.32. The van der Waals surface area contributed by atoms with Crippen LogP contribution in [-0.2, 0) is 6.42 Å². The van der Waals surface area contributed by atoms with E-state index in [-0.39, 0.29) is 12.5 Å². The lowest BCUT2D eigenvalue weighted by Gasteiger charge is -2.24. The maximum Gasteiger partial charge on any atom is 0.472 e. The molecule has 0 amide bonds. The minimum absolute atomic E-state index is 0.0560. The molecule has 0 bridgehead atoms. The van der Waals surface area contributed by atoms with Crippen LogP contribution in [0.4, 0.5) is 0 Å². The summed E-state index contributed by atoms with van der Waals surface area (Å²) in [5.74, 6) is 0. The molecule has 0 fully saturated rings.